The van der Waals surface area contributed by atoms with Gasteiger partial charge in [-0.15, -0.1) is 0 Å². The lowest BCUT2D eigenvalue weighted by atomic mass is 10.4. The number of rotatable bonds is 7. The number of ether oxygens (including phenoxy) is 2. The average Bonchev–Trinajstić information content (AvgIpc) is 3.20. The predicted molar refractivity (Wildman–Crippen MR) is 103 cm³/mol. The van der Waals surface area contributed by atoms with Gasteiger partial charge < -0.3 is 14.6 Å². The van der Waals surface area contributed by atoms with Gasteiger partial charge in [0, 0.05) is 12.4 Å². The molecule has 31 heavy (non-hydrogen) atoms. The Balaban J connectivity index is 1.87. The molecule has 0 saturated heterocycles. The molecule has 0 aromatic carbocycles. The monoisotopic (exact) mass is 449 g/mol. The fraction of sp³-hybridized carbons (Fsp3) is 0.125. The summed E-state index contributed by atoms with van der Waals surface area (Å²) in [7, 11) is -2.05. The van der Waals surface area contributed by atoms with Crippen molar-refractivity contribution in [2.24, 2.45) is 0 Å². The van der Waals surface area contributed by atoms with Crippen LogP contribution in [0.1, 0.15) is 10.4 Å². The number of carbonyl (C=O) groups excluding carboxylic acids is 1. The molecule has 3 aromatic heterocycles. The van der Waals surface area contributed by atoms with Gasteiger partial charge in [0.2, 0.25) is 22.7 Å². The number of sulfonamides is 1. The van der Waals surface area contributed by atoms with E-state index in [0.717, 1.165) is 10.9 Å². The van der Waals surface area contributed by atoms with Crippen LogP contribution in [-0.2, 0) is 10.0 Å². The third-order valence-electron chi connectivity index (χ3n) is 3.60. The summed E-state index contributed by atoms with van der Waals surface area (Å²) in [6.07, 6.45) is 2.38. The van der Waals surface area contributed by atoms with Gasteiger partial charge in [-0.3, -0.25) is 5.32 Å². The molecular formula is C16H15N7O7S. The van der Waals surface area contributed by atoms with E-state index in [2.05, 4.69) is 25.4 Å². The van der Waals surface area contributed by atoms with E-state index in [1.807, 2.05) is 0 Å². The van der Waals surface area contributed by atoms with Crippen LogP contribution in [0.3, 0.4) is 0 Å². The molecule has 0 fully saturated rings. The van der Waals surface area contributed by atoms with Crippen molar-refractivity contribution in [3.63, 3.8) is 0 Å². The zero-order valence-corrected chi connectivity index (χ0v) is 16.8. The van der Waals surface area contributed by atoms with Crippen molar-refractivity contribution in [3.8, 4) is 17.6 Å². The maximum absolute atomic E-state index is 12.6. The molecule has 0 aliphatic rings. The number of carbonyl (C=O) groups is 2. The van der Waals surface area contributed by atoms with Crippen LogP contribution in [0.4, 0.5) is 10.7 Å². The first-order valence-corrected chi connectivity index (χ1v) is 9.77. The van der Waals surface area contributed by atoms with Crippen LogP contribution in [-0.4, -0.2) is 64.5 Å². The van der Waals surface area contributed by atoms with Gasteiger partial charge in [0.15, 0.2) is 5.82 Å². The van der Waals surface area contributed by atoms with E-state index in [1.165, 1.54) is 32.5 Å². The topological polar surface area (TPSA) is 188 Å². The summed E-state index contributed by atoms with van der Waals surface area (Å²) in [5.74, 6) is -1.61. The highest BCUT2D eigenvalue weighted by atomic mass is 32.2. The molecule has 0 bridgehead atoms. The van der Waals surface area contributed by atoms with Crippen molar-refractivity contribution in [2.45, 2.75) is 5.03 Å². The number of pyridine rings is 1. The van der Waals surface area contributed by atoms with E-state index in [4.69, 9.17) is 9.47 Å². The summed E-state index contributed by atoms with van der Waals surface area (Å²) in [5, 5.41) is 14.3. The Kier molecular flexibility index (Phi) is 5.96. The van der Waals surface area contributed by atoms with Gasteiger partial charge >= 0.3 is 12.0 Å². The van der Waals surface area contributed by atoms with Gasteiger partial charge in [-0.25, -0.2) is 24.0 Å². The second-order valence-corrected chi connectivity index (χ2v) is 7.22. The molecule has 0 aliphatic carbocycles. The third kappa shape index (κ3) is 4.84. The molecule has 0 unspecified atom stereocenters. The first kappa shape index (κ1) is 21.4. The van der Waals surface area contributed by atoms with E-state index in [1.54, 1.807) is 16.9 Å². The van der Waals surface area contributed by atoms with Crippen LogP contribution in [0, 0.1) is 0 Å². The lowest BCUT2D eigenvalue weighted by Gasteiger charge is -2.09. The molecule has 0 atom stereocenters. The fourth-order valence-corrected chi connectivity index (χ4v) is 3.29. The van der Waals surface area contributed by atoms with E-state index in [-0.39, 0.29) is 23.5 Å². The lowest BCUT2D eigenvalue weighted by molar-refractivity contribution is 0.0692. The van der Waals surface area contributed by atoms with E-state index in [0.29, 0.717) is 0 Å². The van der Waals surface area contributed by atoms with Gasteiger partial charge in [0.25, 0.3) is 10.0 Å². The summed E-state index contributed by atoms with van der Waals surface area (Å²) >= 11 is 0. The number of hydrogen-bond donors (Lipinski definition) is 3. The predicted octanol–water partition coefficient (Wildman–Crippen LogP) is 0.283. The zero-order valence-electron chi connectivity index (χ0n) is 16.0. The summed E-state index contributed by atoms with van der Waals surface area (Å²) in [6, 6.07) is 4.78. The first-order valence-electron chi connectivity index (χ1n) is 8.28. The minimum atomic E-state index is -4.69. The van der Waals surface area contributed by atoms with Crippen LogP contribution in [0.15, 0.2) is 41.7 Å². The third-order valence-corrected chi connectivity index (χ3v) is 4.86. The summed E-state index contributed by atoms with van der Waals surface area (Å²) in [5.41, 5.74) is -0.662. The largest absolute Gasteiger partial charge is 0.481 e. The molecule has 15 heteroatoms. The number of aromatic carboxylic acids is 1. The quantitative estimate of drug-likeness (QED) is 0.449. The van der Waals surface area contributed by atoms with Crippen LogP contribution in [0.25, 0.3) is 5.82 Å². The van der Waals surface area contributed by atoms with Gasteiger partial charge in [0.1, 0.15) is 5.56 Å². The number of nitrogens with zero attached hydrogens (tertiary/aromatic N) is 5. The fourth-order valence-electron chi connectivity index (χ4n) is 2.28. The highest BCUT2D eigenvalue weighted by molar-refractivity contribution is 7.90. The van der Waals surface area contributed by atoms with Crippen LogP contribution < -0.4 is 19.5 Å². The number of anilines is 1. The highest BCUT2D eigenvalue weighted by Crippen LogP contribution is 2.18. The molecule has 14 nitrogen and oxygen atoms in total. The Hall–Kier alpha value is -4.27. The first-order chi connectivity index (χ1) is 14.7. The standard InChI is InChI=1S/C16H15N7O7S/c1-29-11-7-12(30-2)19-15(18-11)20-16(26)22-31(27,28)13-9(14(24)25)8-23(21-13)10-5-3-4-6-17-10/h3-8H,1-2H3,(H,24,25)(H2,18,19,20,22,26). The SMILES string of the molecule is COc1cc(OC)nc(NC(=O)NS(=O)(=O)c2nn(-c3ccccn3)cc2C(=O)O)n1. The van der Waals surface area contributed by atoms with Gasteiger partial charge in [-0.05, 0) is 12.1 Å². The summed E-state index contributed by atoms with van der Waals surface area (Å²) in [4.78, 5) is 35.3. The van der Waals surface area contributed by atoms with Crippen molar-refractivity contribution in [2.75, 3.05) is 19.5 Å². The van der Waals surface area contributed by atoms with Crippen LogP contribution in [0.5, 0.6) is 11.8 Å². The Morgan fingerprint density at radius 1 is 1.13 bits per heavy atom. The number of carboxylic acid groups (broad SMARTS) is 1. The molecule has 0 radical (unpaired) electrons. The van der Waals surface area contributed by atoms with Crippen molar-refractivity contribution in [3.05, 3.63) is 42.2 Å². The maximum Gasteiger partial charge on any atom is 0.340 e. The van der Waals surface area contributed by atoms with Crippen LogP contribution >= 0.6 is 0 Å². The van der Waals surface area contributed by atoms with Crippen molar-refractivity contribution >= 4 is 28.0 Å². The number of carboxylic acids is 1. The highest BCUT2D eigenvalue weighted by Gasteiger charge is 2.29. The van der Waals surface area contributed by atoms with E-state index >= 15 is 0 Å². The smallest absolute Gasteiger partial charge is 0.340 e. The number of urea groups is 1. The Labute approximate surface area is 174 Å². The molecule has 3 rings (SSSR count). The Morgan fingerprint density at radius 2 is 1.81 bits per heavy atom. The van der Waals surface area contributed by atoms with Gasteiger partial charge in [-0.2, -0.15) is 23.5 Å². The second-order valence-electron chi connectivity index (χ2n) is 5.62. The van der Waals surface area contributed by atoms with Gasteiger partial charge in [-0.1, -0.05) is 6.07 Å². The molecule has 0 aliphatic heterocycles. The number of amides is 2. The number of nitrogens with one attached hydrogen (secondary N) is 2. The zero-order chi connectivity index (χ0) is 22.6. The molecule has 0 saturated carbocycles. The van der Waals surface area contributed by atoms with E-state index in [9.17, 15) is 23.1 Å². The van der Waals surface area contributed by atoms with Gasteiger partial charge in [0.05, 0.1) is 20.3 Å². The summed E-state index contributed by atoms with van der Waals surface area (Å²) in [6.45, 7) is 0. The molecule has 3 aromatic rings. The number of hydrogen-bond acceptors (Lipinski definition) is 10. The Bertz CT molecular complexity index is 1210. The molecule has 3 N–H and O–H groups in total. The Morgan fingerprint density at radius 3 is 2.35 bits per heavy atom. The van der Waals surface area contributed by atoms with E-state index < -0.39 is 32.6 Å². The maximum atomic E-state index is 12.6. The second kappa shape index (κ2) is 8.62. The molecule has 2 amide bonds. The minimum Gasteiger partial charge on any atom is -0.481 e. The normalized spacial score (nSPS) is 10.9. The minimum absolute atomic E-state index is 0.0484. The average molecular weight is 449 g/mol. The van der Waals surface area contributed by atoms with Crippen molar-refractivity contribution in [1.29, 1.82) is 0 Å². The number of methoxy groups -OCH3 is 2. The molecular weight excluding hydrogens is 434 g/mol. The number of aromatic nitrogens is 5. The molecule has 0 spiro atoms. The summed E-state index contributed by atoms with van der Waals surface area (Å²) < 4.78 is 37.7. The molecule has 162 valence electrons. The van der Waals surface area contributed by atoms with Crippen molar-refractivity contribution < 1.29 is 32.6 Å². The lowest BCUT2D eigenvalue weighted by Crippen LogP contribution is -2.35. The van der Waals surface area contributed by atoms with Crippen LogP contribution in [0.2, 0.25) is 0 Å². The molecule has 3 heterocycles. The van der Waals surface area contributed by atoms with Crippen molar-refractivity contribution in [1.82, 2.24) is 29.5 Å².